The van der Waals surface area contributed by atoms with Gasteiger partial charge in [-0.1, -0.05) is 5.92 Å². The van der Waals surface area contributed by atoms with Gasteiger partial charge in [-0.15, -0.1) is 0 Å². The van der Waals surface area contributed by atoms with E-state index in [-0.39, 0.29) is 11.3 Å². The number of esters is 1. The topological polar surface area (TPSA) is 52.3 Å². The zero-order valence-electron chi connectivity index (χ0n) is 8.76. The molecule has 0 bridgehead atoms. The molecule has 0 fully saturated rings. The summed E-state index contributed by atoms with van der Waals surface area (Å²) in [4.78, 5) is 10.7. The van der Waals surface area contributed by atoms with Crippen LogP contribution < -0.4 is 5.73 Å². The van der Waals surface area contributed by atoms with E-state index in [1.54, 1.807) is 0 Å². The van der Waals surface area contributed by atoms with Crippen LogP contribution in [-0.4, -0.2) is 13.1 Å². The Labute approximate surface area is 95.4 Å². The summed E-state index contributed by atoms with van der Waals surface area (Å²) in [5.74, 6) is 3.46. The van der Waals surface area contributed by atoms with E-state index < -0.39 is 17.7 Å². The molecule has 6 heteroatoms. The monoisotopic (exact) mass is 243 g/mol. The van der Waals surface area contributed by atoms with Gasteiger partial charge in [0.15, 0.2) is 0 Å². The van der Waals surface area contributed by atoms with Crippen molar-refractivity contribution in [3.05, 3.63) is 29.3 Å². The van der Waals surface area contributed by atoms with Gasteiger partial charge in [0.25, 0.3) is 0 Å². The van der Waals surface area contributed by atoms with Crippen LogP contribution in [0.2, 0.25) is 0 Å². The Kier molecular flexibility index (Phi) is 3.63. The lowest BCUT2D eigenvalue weighted by atomic mass is 10.1. The average Bonchev–Trinajstić information content (AvgIpc) is 2.26. The van der Waals surface area contributed by atoms with Crippen LogP contribution in [0.4, 0.5) is 18.9 Å². The molecule has 0 aromatic heterocycles. The van der Waals surface area contributed by atoms with Gasteiger partial charge in [-0.25, -0.2) is 4.79 Å². The molecular formula is C11H8F3NO2. The van der Waals surface area contributed by atoms with Crippen molar-refractivity contribution in [2.75, 3.05) is 12.8 Å². The number of carbonyl (C=O) groups is 1. The Morgan fingerprint density at radius 1 is 1.41 bits per heavy atom. The number of benzene rings is 1. The first-order chi connectivity index (χ1) is 7.84. The van der Waals surface area contributed by atoms with Crippen molar-refractivity contribution in [3.63, 3.8) is 0 Å². The summed E-state index contributed by atoms with van der Waals surface area (Å²) in [5.41, 5.74) is 3.87. The molecule has 0 atom stereocenters. The summed E-state index contributed by atoms with van der Waals surface area (Å²) in [6, 6.07) is 3.16. The number of ether oxygens (including phenoxy) is 1. The number of carbonyl (C=O) groups excluding carboxylic acids is 1. The van der Waals surface area contributed by atoms with E-state index in [2.05, 4.69) is 10.7 Å². The molecule has 2 N–H and O–H groups in total. The van der Waals surface area contributed by atoms with Gasteiger partial charge in [-0.3, -0.25) is 0 Å². The Morgan fingerprint density at radius 2 is 2.06 bits per heavy atom. The maximum atomic E-state index is 12.5. The maximum Gasteiger partial charge on any atom is 0.418 e. The molecule has 0 saturated carbocycles. The highest BCUT2D eigenvalue weighted by atomic mass is 19.4. The van der Waals surface area contributed by atoms with Crippen LogP contribution in [0.3, 0.4) is 0 Å². The number of hydrogen-bond donors (Lipinski definition) is 1. The molecule has 3 nitrogen and oxygen atoms in total. The van der Waals surface area contributed by atoms with E-state index >= 15 is 0 Å². The third-order valence-corrected chi connectivity index (χ3v) is 1.85. The van der Waals surface area contributed by atoms with Crippen molar-refractivity contribution in [3.8, 4) is 11.8 Å². The van der Waals surface area contributed by atoms with Crippen molar-refractivity contribution < 1.29 is 22.7 Å². The van der Waals surface area contributed by atoms with E-state index in [1.165, 1.54) is 6.07 Å². The van der Waals surface area contributed by atoms with Crippen LogP contribution in [-0.2, 0) is 15.7 Å². The summed E-state index contributed by atoms with van der Waals surface area (Å²) in [5, 5.41) is 0. The lowest BCUT2D eigenvalue weighted by Crippen LogP contribution is -2.09. The Hall–Kier alpha value is -2.16. The summed E-state index contributed by atoms with van der Waals surface area (Å²) < 4.78 is 41.7. The minimum absolute atomic E-state index is 0.0388. The number of anilines is 1. The van der Waals surface area contributed by atoms with E-state index in [1.807, 2.05) is 5.92 Å². The highest BCUT2D eigenvalue weighted by molar-refractivity contribution is 5.89. The summed E-state index contributed by atoms with van der Waals surface area (Å²) in [6.07, 6.45) is -4.55. The molecule has 0 unspecified atom stereocenters. The lowest BCUT2D eigenvalue weighted by molar-refractivity contribution is -0.137. The standard InChI is InChI=1S/C11H8F3NO2/c1-17-10(16)5-3-7-2-4-9(15)8(6-7)11(12,13)14/h2,4,6H,15H2,1H3. The predicted octanol–water partition coefficient (Wildman–Crippen LogP) is 1.81. The number of alkyl halides is 3. The SMILES string of the molecule is COC(=O)C#Cc1ccc(N)c(C(F)(F)F)c1. The molecule has 0 heterocycles. The molecule has 0 aliphatic carbocycles. The molecular weight excluding hydrogens is 235 g/mol. The molecule has 17 heavy (non-hydrogen) atoms. The summed E-state index contributed by atoms with van der Waals surface area (Å²) in [6.45, 7) is 0. The first kappa shape index (κ1) is 12.9. The van der Waals surface area contributed by atoms with E-state index in [4.69, 9.17) is 5.73 Å². The van der Waals surface area contributed by atoms with Gasteiger partial charge in [0.05, 0.1) is 12.7 Å². The highest BCUT2D eigenvalue weighted by Gasteiger charge is 2.32. The highest BCUT2D eigenvalue weighted by Crippen LogP contribution is 2.33. The normalized spacial score (nSPS) is 10.4. The van der Waals surface area contributed by atoms with Gasteiger partial charge in [0, 0.05) is 17.2 Å². The van der Waals surface area contributed by atoms with Crippen molar-refractivity contribution in [1.82, 2.24) is 0 Å². The van der Waals surface area contributed by atoms with Crippen LogP contribution in [0.25, 0.3) is 0 Å². The minimum atomic E-state index is -4.55. The Balaban J connectivity index is 3.12. The lowest BCUT2D eigenvalue weighted by Gasteiger charge is -2.09. The number of halogens is 3. The Bertz CT molecular complexity index is 498. The molecule has 0 amide bonds. The first-order valence-electron chi connectivity index (χ1n) is 4.41. The molecule has 90 valence electrons. The molecule has 0 aliphatic heterocycles. The van der Waals surface area contributed by atoms with Gasteiger partial charge < -0.3 is 10.5 Å². The van der Waals surface area contributed by atoms with Crippen molar-refractivity contribution >= 4 is 11.7 Å². The minimum Gasteiger partial charge on any atom is -0.459 e. The smallest absolute Gasteiger partial charge is 0.418 e. The maximum absolute atomic E-state index is 12.5. The van der Waals surface area contributed by atoms with Crippen molar-refractivity contribution in [1.29, 1.82) is 0 Å². The fourth-order valence-electron chi connectivity index (χ4n) is 1.05. The van der Waals surface area contributed by atoms with Crippen molar-refractivity contribution in [2.45, 2.75) is 6.18 Å². The number of methoxy groups -OCH3 is 1. The van der Waals surface area contributed by atoms with Crippen molar-refractivity contribution in [2.24, 2.45) is 0 Å². The van der Waals surface area contributed by atoms with Crippen LogP contribution >= 0.6 is 0 Å². The van der Waals surface area contributed by atoms with Gasteiger partial charge >= 0.3 is 12.1 Å². The Morgan fingerprint density at radius 3 is 2.59 bits per heavy atom. The van der Waals surface area contributed by atoms with Crippen LogP contribution in [0.1, 0.15) is 11.1 Å². The van der Waals surface area contributed by atoms with Gasteiger partial charge in [0.1, 0.15) is 0 Å². The third-order valence-electron chi connectivity index (χ3n) is 1.85. The van der Waals surface area contributed by atoms with Crippen LogP contribution in [0, 0.1) is 11.8 Å². The average molecular weight is 243 g/mol. The molecule has 1 rings (SSSR count). The fraction of sp³-hybridized carbons (Fsp3) is 0.182. The van der Waals surface area contributed by atoms with E-state index in [0.29, 0.717) is 0 Å². The van der Waals surface area contributed by atoms with Gasteiger partial charge in [0.2, 0.25) is 0 Å². The zero-order valence-corrected chi connectivity index (χ0v) is 8.76. The number of nitrogen functional groups attached to an aromatic ring is 1. The third kappa shape index (κ3) is 3.41. The second-order valence-electron chi connectivity index (χ2n) is 3.04. The molecule has 1 aromatic carbocycles. The number of nitrogens with two attached hydrogens (primary N) is 1. The largest absolute Gasteiger partial charge is 0.459 e. The molecule has 1 aromatic rings. The van der Waals surface area contributed by atoms with Gasteiger partial charge in [-0.2, -0.15) is 13.2 Å². The van der Waals surface area contributed by atoms with E-state index in [0.717, 1.165) is 19.2 Å². The predicted molar refractivity (Wildman–Crippen MR) is 54.8 cm³/mol. The fourth-order valence-corrected chi connectivity index (χ4v) is 1.05. The van der Waals surface area contributed by atoms with E-state index in [9.17, 15) is 18.0 Å². The van der Waals surface area contributed by atoms with Crippen LogP contribution in [0.5, 0.6) is 0 Å². The summed E-state index contributed by atoms with van der Waals surface area (Å²) >= 11 is 0. The molecule has 0 aliphatic rings. The number of rotatable bonds is 0. The first-order valence-corrected chi connectivity index (χ1v) is 4.41. The summed E-state index contributed by atoms with van der Waals surface area (Å²) in [7, 11) is 1.13. The zero-order chi connectivity index (χ0) is 13.1. The molecule has 0 spiro atoms. The number of hydrogen-bond acceptors (Lipinski definition) is 3. The second-order valence-corrected chi connectivity index (χ2v) is 3.04. The second kappa shape index (κ2) is 4.78. The molecule has 0 saturated heterocycles. The van der Waals surface area contributed by atoms with Gasteiger partial charge in [-0.05, 0) is 18.2 Å². The quantitative estimate of drug-likeness (QED) is 0.429. The van der Waals surface area contributed by atoms with Crippen LogP contribution in [0.15, 0.2) is 18.2 Å². The molecule has 0 radical (unpaired) electrons.